The fraction of sp³-hybridized carbons (Fsp3) is 0.226. The highest BCUT2D eigenvalue weighted by Crippen LogP contribution is 2.24. The summed E-state index contributed by atoms with van der Waals surface area (Å²) < 4.78 is 10.0. The van der Waals surface area contributed by atoms with Crippen molar-refractivity contribution in [1.29, 1.82) is 0 Å². The molecule has 0 spiro atoms. The number of esters is 1. The fourth-order valence-electron chi connectivity index (χ4n) is 4.65. The van der Waals surface area contributed by atoms with Crippen LogP contribution in [0, 0.1) is 0 Å². The van der Waals surface area contributed by atoms with Crippen LogP contribution in [0.25, 0.3) is 21.5 Å². The molecule has 4 aromatic carbocycles. The molecule has 0 saturated carbocycles. The van der Waals surface area contributed by atoms with Crippen molar-refractivity contribution in [2.24, 2.45) is 0 Å². The number of ether oxygens (including phenoxy) is 2. The smallest absolute Gasteiger partial charge is 0.338 e. The van der Waals surface area contributed by atoms with Gasteiger partial charge in [-0.25, -0.2) is 4.79 Å². The summed E-state index contributed by atoms with van der Waals surface area (Å²) in [5.41, 5.74) is 1.72. The van der Waals surface area contributed by atoms with E-state index in [-0.39, 0.29) is 19.7 Å². The molecule has 0 bridgehead atoms. The van der Waals surface area contributed by atoms with Gasteiger partial charge in [-0.3, -0.25) is 14.4 Å². The third-order valence-electron chi connectivity index (χ3n) is 6.75. The molecule has 1 aliphatic heterocycles. The van der Waals surface area contributed by atoms with E-state index in [2.05, 4.69) is 16.0 Å². The maximum absolute atomic E-state index is 13.3. The van der Waals surface area contributed by atoms with E-state index in [1.165, 1.54) is 0 Å². The van der Waals surface area contributed by atoms with Crippen LogP contribution in [0.5, 0.6) is 0 Å². The highest BCUT2D eigenvalue weighted by atomic mass is 16.6. The lowest BCUT2D eigenvalue weighted by Crippen LogP contribution is -2.56. The molecule has 1 fully saturated rings. The second-order valence-electron chi connectivity index (χ2n) is 9.38. The Kier molecular flexibility index (Phi) is 8.02. The number of amides is 3. The van der Waals surface area contributed by atoms with Crippen molar-refractivity contribution < 1.29 is 28.7 Å². The van der Waals surface area contributed by atoms with Gasteiger partial charge in [0.25, 0.3) is 17.7 Å². The second-order valence-corrected chi connectivity index (χ2v) is 9.38. The molecule has 0 aliphatic carbocycles. The Morgan fingerprint density at radius 2 is 1.23 bits per heavy atom. The normalized spacial score (nSPS) is 15.9. The minimum Gasteiger partial charge on any atom is -0.464 e. The molecule has 204 valence electrons. The van der Waals surface area contributed by atoms with E-state index in [0.29, 0.717) is 0 Å². The van der Waals surface area contributed by atoms with Gasteiger partial charge in [0, 0.05) is 13.1 Å². The van der Waals surface area contributed by atoms with Gasteiger partial charge in [0.15, 0.2) is 18.2 Å². The maximum atomic E-state index is 13.3. The van der Waals surface area contributed by atoms with Crippen molar-refractivity contribution in [3.05, 3.63) is 96.1 Å². The topological polar surface area (TPSA) is 126 Å². The number of hydrogen-bond donors (Lipinski definition) is 3. The monoisotopic (exact) mass is 539 g/mol. The first-order valence-corrected chi connectivity index (χ1v) is 13.1. The molecule has 2 atom stereocenters. The Labute approximate surface area is 230 Å². The summed E-state index contributed by atoms with van der Waals surface area (Å²) in [6.45, 7) is 2.08. The van der Waals surface area contributed by atoms with Crippen LogP contribution in [0.2, 0.25) is 0 Å². The summed E-state index contributed by atoms with van der Waals surface area (Å²) in [4.78, 5) is 51.3. The predicted molar refractivity (Wildman–Crippen MR) is 149 cm³/mol. The molecule has 0 aromatic heterocycles. The lowest BCUT2D eigenvalue weighted by molar-refractivity contribution is -0.144. The van der Waals surface area contributed by atoms with Crippen molar-refractivity contribution in [3.63, 3.8) is 0 Å². The molecule has 0 unspecified atom stereocenters. The molecule has 1 saturated heterocycles. The van der Waals surface area contributed by atoms with Crippen LogP contribution in [0.4, 0.5) is 0 Å². The van der Waals surface area contributed by atoms with Gasteiger partial charge < -0.3 is 25.4 Å². The molecule has 3 N–H and O–H groups in total. The number of hydrogen-bond acceptors (Lipinski definition) is 6. The highest BCUT2D eigenvalue weighted by molar-refractivity contribution is 6.08. The SMILES string of the molecule is CCOC(=O)[C@H]1O[C@@H]1C(=O)NC(C(=O)NCc1cccc2ccccc12)C(=O)NCc1cccc2ccccc12. The molecule has 9 nitrogen and oxygen atoms in total. The van der Waals surface area contributed by atoms with Gasteiger partial charge in [-0.2, -0.15) is 0 Å². The van der Waals surface area contributed by atoms with E-state index >= 15 is 0 Å². The Bertz CT molecular complexity index is 1480. The van der Waals surface area contributed by atoms with Gasteiger partial charge in [0.05, 0.1) is 6.61 Å². The number of fused-ring (bicyclic) bond motifs is 2. The third kappa shape index (κ3) is 5.94. The van der Waals surface area contributed by atoms with Gasteiger partial charge in [-0.15, -0.1) is 0 Å². The van der Waals surface area contributed by atoms with Crippen molar-refractivity contribution in [1.82, 2.24) is 16.0 Å². The molecule has 1 heterocycles. The summed E-state index contributed by atoms with van der Waals surface area (Å²) in [7, 11) is 0. The van der Waals surface area contributed by atoms with Gasteiger partial charge >= 0.3 is 5.97 Å². The Morgan fingerprint density at radius 1 is 0.725 bits per heavy atom. The zero-order chi connectivity index (χ0) is 28.1. The first-order chi connectivity index (χ1) is 19.5. The fourth-order valence-corrected chi connectivity index (χ4v) is 4.65. The van der Waals surface area contributed by atoms with Gasteiger partial charge in [-0.05, 0) is 39.6 Å². The van der Waals surface area contributed by atoms with Crippen LogP contribution in [-0.2, 0) is 41.7 Å². The van der Waals surface area contributed by atoms with Crippen LogP contribution in [0.3, 0.4) is 0 Å². The van der Waals surface area contributed by atoms with Crippen molar-refractivity contribution >= 4 is 45.2 Å². The third-order valence-corrected chi connectivity index (χ3v) is 6.75. The summed E-state index contributed by atoms with van der Waals surface area (Å²) in [6.07, 6.45) is -2.18. The van der Waals surface area contributed by atoms with Crippen LogP contribution < -0.4 is 16.0 Å². The lowest BCUT2D eigenvalue weighted by atomic mass is 10.0. The van der Waals surface area contributed by atoms with Crippen molar-refractivity contribution in [2.75, 3.05) is 6.61 Å². The molecule has 4 aromatic rings. The molecule has 5 rings (SSSR count). The van der Waals surface area contributed by atoms with Gasteiger partial charge in [0.2, 0.25) is 0 Å². The predicted octanol–water partition coefficient (Wildman–Crippen LogP) is 2.74. The standard InChI is InChI=1S/C31H29N3O6/c1-2-39-31(38)27-26(40-27)30(37)34-25(28(35)32-17-21-13-7-11-19-9-3-5-15-23(19)21)29(36)33-18-22-14-8-12-20-10-4-6-16-24(20)22/h3-16,25-27H,2,17-18H2,1H3,(H,32,35)(H,33,36)(H,34,37)/t26-,27-/m0/s1. The summed E-state index contributed by atoms with van der Waals surface area (Å²) >= 11 is 0. The summed E-state index contributed by atoms with van der Waals surface area (Å²) in [5.74, 6) is -2.79. The van der Waals surface area contributed by atoms with E-state index in [1.54, 1.807) is 6.92 Å². The zero-order valence-corrected chi connectivity index (χ0v) is 21.9. The maximum Gasteiger partial charge on any atom is 0.338 e. The first kappa shape index (κ1) is 26.8. The number of epoxide rings is 1. The average Bonchev–Trinajstić information content (AvgIpc) is 3.79. The number of benzene rings is 4. The minimum atomic E-state index is -1.55. The van der Waals surface area contributed by atoms with Gasteiger partial charge in [-0.1, -0.05) is 84.9 Å². The number of carbonyl (C=O) groups excluding carboxylic acids is 4. The largest absolute Gasteiger partial charge is 0.464 e. The second kappa shape index (κ2) is 12.0. The lowest BCUT2D eigenvalue weighted by Gasteiger charge is -2.19. The summed E-state index contributed by atoms with van der Waals surface area (Å²) in [5, 5.41) is 12.0. The van der Waals surface area contributed by atoms with E-state index in [4.69, 9.17) is 9.47 Å². The Morgan fingerprint density at radius 3 is 1.75 bits per heavy atom. The molecule has 0 radical (unpaired) electrons. The molecule has 9 heteroatoms. The minimum absolute atomic E-state index is 0.142. The van der Waals surface area contributed by atoms with E-state index in [9.17, 15) is 19.2 Å². The number of carbonyl (C=O) groups is 4. The van der Waals surface area contributed by atoms with E-state index < -0.39 is 41.9 Å². The van der Waals surface area contributed by atoms with E-state index in [1.807, 2.05) is 84.9 Å². The quantitative estimate of drug-likeness (QED) is 0.162. The molecular formula is C31H29N3O6. The molecule has 40 heavy (non-hydrogen) atoms. The van der Waals surface area contributed by atoms with Crippen molar-refractivity contribution in [3.8, 4) is 0 Å². The molecular weight excluding hydrogens is 510 g/mol. The number of rotatable bonds is 10. The Balaban J connectivity index is 1.30. The highest BCUT2D eigenvalue weighted by Gasteiger charge is 2.52. The van der Waals surface area contributed by atoms with Crippen LogP contribution >= 0.6 is 0 Å². The zero-order valence-electron chi connectivity index (χ0n) is 21.9. The van der Waals surface area contributed by atoms with Crippen molar-refractivity contribution in [2.45, 2.75) is 38.3 Å². The summed E-state index contributed by atoms with van der Waals surface area (Å²) in [6, 6.07) is 25.5. The molecule has 3 amide bonds. The van der Waals surface area contributed by atoms with Gasteiger partial charge in [0.1, 0.15) is 0 Å². The van der Waals surface area contributed by atoms with E-state index in [0.717, 1.165) is 32.7 Å². The molecule has 1 aliphatic rings. The number of nitrogens with one attached hydrogen (secondary N) is 3. The van der Waals surface area contributed by atoms with Crippen LogP contribution in [0.15, 0.2) is 84.9 Å². The Hall–Kier alpha value is -4.76. The first-order valence-electron chi connectivity index (χ1n) is 13.1. The van der Waals surface area contributed by atoms with Crippen LogP contribution in [0.1, 0.15) is 18.1 Å². The van der Waals surface area contributed by atoms with Crippen LogP contribution in [-0.4, -0.2) is 48.5 Å². The average molecular weight is 540 g/mol.